The third-order valence-corrected chi connectivity index (χ3v) is 3.92. The van der Waals surface area contributed by atoms with Crippen LogP contribution in [-0.4, -0.2) is 28.9 Å². The fourth-order valence-electron chi connectivity index (χ4n) is 2.26. The summed E-state index contributed by atoms with van der Waals surface area (Å²) in [6, 6.07) is 3.99. The number of hydrogen-bond donors (Lipinski definition) is 2. The zero-order chi connectivity index (χ0) is 15.8. The molecule has 0 spiro atoms. The largest absolute Gasteiger partial charge is 0.356 e. The smallest absolute Gasteiger partial charge is 0.191 e. The molecule has 0 aliphatic heterocycles. The Labute approximate surface area is 163 Å². The Morgan fingerprint density at radius 1 is 1.22 bits per heavy atom. The molecule has 0 fully saturated rings. The van der Waals surface area contributed by atoms with Crippen molar-refractivity contribution in [2.45, 2.75) is 39.2 Å². The number of unbranched alkanes of at least 4 members (excludes halogenated alkanes) is 3. The number of halogens is 2. The molecule has 0 bridgehead atoms. The number of hydrogen-bond acceptors (Lipinski definition) is 2. The minimum atomic E-state index is 0. The first kappa shape index (κ1) is 20.2. The van der Waals surface area contributed by atoms with Gasteiger partial charge in [0.05, 0.1) is 12.2 Å². The monoisotopic (exact) mass is 493 g/mol. The number of aromatic nitrogens is 2. The topological polar surface area (TPSA) is 53.7 Å². The van der Waals surface area contributed by atoms with Gasteiger partial charge in [0.25, 0.3) is 0 Å². The van der Waals surface area contributed by atoms with Crippen molar-refractivity contribution in [3.05, 3.63) is 34.7 Å². The molecule has 2 aromatic heterocycles. The number of aliphatic imine (C=N–C) groups is 1. The van der Waals surface area contributed by atoms with Gasteiger partial charge in [0.2, 0.25) is 0 Å². The zero-order valence-electron chi connectivity index (χ0n) is 13.7. The van der Waals surface area contributed by atoms with Gasteiger partial charge in [0.15, 0.2) is 5.96 Å². The Balaban J connectivity index is 0.00000264. The minimum absolute atomic E-state index is 0. The Kier molecular flexibility index (Phi) is 9.54. The summed E-state index contributed by atoms with van der Waals surface area (Å²) in [6.07, 6.45) is 9.04. The number of nitrogens with one attached hydrogen (secondary N) is 2. The molecule has 0 unspecified atom stereocenters. The van der Waals surface area contributed by atoms with Crippen LogP contribution >= 0.6 is 39.9 Å². The van der Waals surface area contributed by atoms with Crippen molar-refractivity contribution in [1.82, 2.24) is 20.0 Å². The summed E-state index contributed by atoms with van der Waals surface area (Å²) in [6.45, 7) is 3.84. The lowest BCUT2D eigenvalue weighted by Crippen LogP contribution is -2.37. The first-order valence-corrected chi connectivity index (χ1v) is 8.60. The molecular weight excluding hydrogens is 469 g/mol. The van der Waals surface area contributed by atoms with Crippen LogP contribution in [0.3, 0.4) is 0 Å². The van der Waals surface area contributed by atoms with Crippen LogP contribution in [0.15, 0.2) is 34.0 Å². The van der Waals surface area contributed by atoms with E-state index in [1.54, 1.807) is 7.05 Å². The predicted molar refractivity (Wildman–Crippen MR) is 111 cm³/mol. The number of fused-ring (bicyclic) bond motifs is 1. The molecule has 0 saturated heterocycles. The van der Waals surface area contributed by atoms with Gasteiger partial charge < -0.3 is 15.0 Å². The third kappa shape index (κ3) is 6.66. The fourth-order valence-corrected chi connectivity index (χ4v) is 2.61. The van der Waals surface area contributed by atoms with Gasteiger partial charge in [-0.2, -0.15) is 0 Å². The summed E-state index contributed by atoms with van der Waals surface area (Å²) < 4.78 is 3.06. The molecule has 0 amide bonds. The highest BCUT2D eigenvalue weighted by molar-refractivity contribution is 14.0. The van der Waals surface area contributed by atoms with Gasteiger partial charge in [0, 0.05) is 30.5 Å². The van der Waals surface area contributed by atoms with Crippen molar-refractivity contribution >= 4 is 51.5 Å². The molecule has 0 aliphatic rings. The Hall–Kier alpha value is -0.830. The highest BCUT2D eigenvalue weighted by atomic mass is 127. The second kappa shape index (κ2) is 10.9. The predicted octanol–water partition coefficient (Wildman–Crippen LogP) is 3.96. The van der Waals surface area contributed by atoms with Crippen LogP contribution in [0, 0.1) is 0 Å². The molecule has 0 aliphatic carbocycles. The standard InChI is InChI=1S/C16H24BrN5.HI/c1-3-4-5-6-9-19-16(18-2)20-10-14-12-22-11-13(17)7-8-15(22)21-14;/h7-8,11-12H,3-6,9-10H2,1-2H3,(H2,18,19,20);1H. The molecule has 5 nitrogen and oxygen atoms in total. The molecule has 2 heterocycles. The van der Waals surface area contributed by atoms with Crippen LogP contribution in [0.1, 0.15) is 38.3 Å². The van der Waals surface area contributed by atoms with Gasteiger partial charge in [-0.05, 0) is 34.5 Å². The molecule has 0 aromatic carbocycles. The lowest BCUT2D eigenvalue weighted by molar-refractivity contribution is 0.646. The number of rotatable bonds is 7. The van der Waals surface area contributed by atoms with Crippen LogP contribution in [0.2, 0.25) is 0 Å². The Morgan fingerprint density at radius 3 is 2.78 bits per heavy atom. The zero-order valence-corrected chi connectivity index (χ0v) is 17.6. The number of nitrogens with zero attached hydrogens (tertiary/aromatic N) is 3. The van der Waals surface area contributed by atoms with E-state index in [1.807, 2.05) is 28.9 Å². The van der Waals surface area contributed by atoms with Gasteiger partial charge >= 0.3 is 0 Å². The van der Waals surface area contributed by atoms with E-state index < -0.39 is 0 Å². The van der Waals surface area contributed by atoms with Crippen molar-refractivity contribution in [3.63, 3.8) is 0 Å². The summed E-state index contributed by atoms with van der Waals surface area (Å²) in [5, 5.41) is 6.64. The van der Waals surface area contributed by atoms with Gasteiger partial charge in [0.1, 0.15) is 5.65 Å². The maximum Gasteiger partial charge on any atom is 0.191 e. The Morgan fingerprint density at radius 2 is 2.04 bits per heavy atom. The average molecular weight is 494 g/mol. The van der Waals surface area contributed by atoms with Crippen molar-refractivity contribution < 1.29 is 0 Å². The van der Waals surface area contributed by atoms with Gasteiger partial charge in [-0.25, -0.2) is 4.98 Å². The molecule has 128 valence electrons. The van der Waals surface area contributed by atoms with Gasteiger partial charge in [-0.1, -0.05) is 26.2 Å². The van der Waals surface area contributed by atoms with Gasteiger partial charge in [-0.15, -0.1) is 24.0 Å². The van der Waals surface area contributed by atoms with E-state index >= 15 is 0 Å². The minimum Gasteiger partial charge on any atom is -0.356 e. The maximum absolute atomic E-state index is 4.58. The maximum atomic E-state index is 4.58. The normalized spacial score (nSPS) is 11.3. The van der Waals surface area contributed by atoms with E-state index in [-0.39, 0.29) is 24.0 Å². The summed E-state index contributed by atoms with van der Waals surface area (Å²) in [5.41, 5.74) is 1.94. The lowest BCUT2D eigenvalue weighted by Gasteiger charge is -2.10. The van der Waals surface area contributed by atoms with Crippen LogP contribution in [0.5, 0.6) is 0 Å². The molecule has 2 aromatic rings. The summed E-state index contributed by atoms with van der Waals surface area (Å²) in [7, 11) is 1.79. The molecule has 23 heavy (non-hydrogen) atoms. The summed E-state index contributed by atoms with van der Waals surface area (Å²) in [5.74, 6) is 0.828. The molecule has 7 heteroatoms. The van der Waals surface area contributed by atoms with Crippen molar-refractivity contribution in [2.24, 2.45) is 4.99 Å². The van der Waals surface area contributed by atoms with E-state index in [9.17, 15) is 0 Å². The SMILES string of the molecule is CCCCCCNC(=NC)NCc1cn2cc(Br)ccc2n1.I. The second-order valence-electron chi connectivity index (χ2n) is 5.26. The highest BCUT2D eigenvalue weighted by Crippen LogP contribution is 2.12. The second-order valence-corrected chi connectivity index (χ2v) is 6.17. The van der Waals surface area contributed by atoms with E-state index in [0.717, 1.165) is 28.3 Å². The van der Waals surface area contributed by atoms with Crippen LogP contribution in [0.4, 0.5) is 0 Å². The van der Waals surface area contributed by atoms with Gasteiger partial charge in [-0.3, -0.25) is 4.99 Å². The molecule has 0 saturated carbocycles. The van der Waals surface area contributed by atoms with Crippen molar-refractivity contribution in [2.75, 3.05) is 13.6 Å². The molecule has 2 rings (SSSR count). The van der Waals surface area contributed by atoms with Crippen LogP contribution in [-0.2, 0) is 6.54 Å². The third-order valence-electron chi connectivity index (χ3n) is 3.45. The fraction of sp³-hybridized carbons (Fsp3) is 0.500. The summed E-state index contributed by atoms with van der Waals surface area (Å²) >= 11 is 3.47. The lowest BCUT2D eigenvalue weighted by atomic mass is 10.2. The van der Waals surface area contributed by atoms with Crippen molar-refractivity contribution in [1.29, 1.82) is 0 Å². The molecular formula is C16H25BrIN5. The van der Waals surface area contributed by atoms with Crippen molar-refractivity contribution in [3.8, 4) is 0 Å². The Bertz CT molecular complexity index is 626. The first-order chi connectivity index (χ1) is 10.7. The molecule has 0 radical (unpaired) electrons. The van der Waals surface area contributed by atoms with E-state index in [2.05, 4.69) is 43.5 Å². The quantitative estimate of drug-likeness (QED) is 0.265. The molecule has 0 atom stereocenters. The number of pyridine rings is 1. The van der Waals surface area contributed by atoms with E-state index in [4.69, 9.17) is 0 Å². The highest BCUT2D eigenvalue weighted by Gasteiger charge is 2.03. The van der Waals surface area contributed by atoms with Crippen LogP contribution < -0.4 is 10.6 Å². The number of imidazole rings is 1. The van der Waals surface area contributed by atoms with E-state index in [0.29, 0.717) is 6.54 Å². The van der Waals surface area contributed by atoms with E-state index in [1.165, 1.54) is 25.7 Å². The van der Waals surface area contributed by atoms with Crippen LogP contribution in [0.25, 0.3) is 5.65 Å². The molecule has 2 N–H and O–H groups in total. The number of guanidine groups is 1. The summed E-state index contributed by atoms with van der Waals surface area (Å²) in [4.78, 5) is 8.82. The average Bonchev–Trinajstić information content (AvgIpc) is 2.92. The first-order valence-electron chi connectivity index (χ1n) is 7.80.